The molecule has 0 saturated heterocycles. The van der Waals surface area contributed by atoms with Crippen molar-refractivity contribution in [3.63, 3.8) is 0 Å². The maximum atomic E-state index is 10.3. The van der Waals surface area contributed by atoms with Crippen molar-refractivity contribution in [1.82, 2.24) is 4.90 Å². The molecule has 2 rings (SSSR count). The monoisotopic (exact) mass is 375 g/mol. The third kappa shape index (κ3) is 6.37. The molecule has 140 valence electrons. The van der Waals surface area contributed by atoms with E-state index in [1.54, 1.807) is 7.11 Å². The summed E-state index contributed by atoms with van der Waals surface area (Å²) in [4.78, 5) is 2.05. The first-order chi connectivity index (χ1) is 12.5. The van der Waals surface area contributed by atoms with Gasteiger partial charge in [-0.05, 0) is 49.4 Å². The van der Waals surface area contributed by atoms with E-state index in [1.807, 2.05) is 73.5 Å². The number of aliphatic hydroxyl groups is 1. The van der Waals surface area contributed by atoms with Crippen molar-refractivity contribution < 1.29 is 14.6 Å². The number of ether oxygens (including phenoxy) is 2. The molecule has 5 heteroatoms. The van der Waals surface area contributed by atoms with E-state index in [-0.39, 0.29) is 6.61 Å². The van der Waals surface area contributed by atoms with Gasteiger partial charge in [0.2, 0.25) is 0 Å². The first kappa shape index (κ1) is 20.3. The van der Waals surface area contributed by atoms with Crippen LogP contribution < -0.4 is 9.47 Å². The summed E-state index contributed by atoms with van der Waals surface area (Å²) in [6.45, 7) is 3.40. The molecule has 0 unspecified atom stereocenters. The van der Waals surface area contributed by atoms with E-state index in [2.05, 4.69) is 0 Å². The zero-order valence-corrected chi connectivity index (χ0v) is 16.2. The molecule has 0 aliphatic heterocycles. The molecule has 0 saturated carbocycles. The Hall–Kier alpha value is -2.01. The Labute approximate surface area is 160 Å². The molecule has 0 fully saturated rings. The number of hydrogen-bond donors (Lipinski definition) is 1. The predicted octanol–water partition coefficient (Wildman–Crippen LogP) is 4.25. The van der Waals surface area contributed by atoms with Gasteiger partial charge in [0.1, 0.15) is 12.7 Å². The number of rotatable bonds is 9. The zero-order chi connectivity index (χ0) is 18.9. The lowest BCUT2D eigenvalue weighted by Gasteiger charge is -2.21. The Morgan fingerprint density at radius 1 is 1.15 bits per heavy atom. The van der Waals surface area contributed by atoms with Crippen LogP contribution >= 0.6 is 11.6 Å². The van der Waals surface area contributed by atoms with Gasteiger partial charge in [-0.1, -0.05) is 42.0 Å². The van der Waals surface area contributed by atoms with Crippen molar-refractivity contribution in [2.75, 3.05) is 27.3 Å². The van der Waals surface area contributed by atoms with Crippen LogP contribution in [0.2, 0.25) is 5.02 Å². The number of halogens is 1. The maximum Gasteiger partial charge on any atom is 0.161 e. The van der Waals surface area contributed by atoms with Gasteiger partial charge in [0.15, 0.2) is 11.5 Å². The summed E-state index contributed by atoms with van der Waals surface area (Å²) in [5, 5.41) is 11.0. The topological polar surface area (TPSA) is 41.9 Å². The fraction of sp³-hybridized carbons (Fsp3) is 0.333. The van der Waals surface area contributed by atoms with Crippen LogP contribution in [0, 0.1) is 0 Å². The molecule has 0 spiro atoms. The summed E-state index contributed by atoms with van der Waals surface area (Å²) in [5.41, 5.74) is 2.19. The Morgan fingerprint density at radius 3 is 2.54 bits per heavy atom. The van der Waals surface area contributed by atoms with E-state index >= 15 is 0 Å². The van der Waals surface area contributed by atoms with Crippen LogP contribution in [-0.4, -0.2) is 43.4 Å². The van der Waals surface area contributed by atoms with E-state index in [1.165, 1.54) is 0 Å². The van der Waals surface area contributed by atoms with Gasteiger partial charge in [-0.3, -0.25) is 4.90 Å². The predicted molar refractivity (Wildman–Crippen MR) is 107 cm³/mol. The van der Waals surface area contributed by atoms with Crippen LogP contribution in [-0.2, 0) is 6.54 Å². The first-order valence-corrected chi connectivity index (χ1v) is 8.94. The Balaban J connectivity index is 1.85. The minimum atomic E-state index is -0.604. The largest absolute Gasteiger partial charge is 0.493 e. The van der Waals surface area contributed by atoms with Gasteiger partial charge in [0.05, 0.1) is 7.11 Å². The number of aliphatic hydroxyl groups excluding tert-OH is 1. The third-order valence-corrected chi connectivity index (χ3v) is 4.12. The van der Waals surface area contributed by atoms with E-state index in [0.717, 1.165) is 22.7 Å². The lowest BCUT2D eigenvalue weighted by molar-refractivity contribution is 0.0733. The van der Waals surface area contributed by atoms with Crippen molar-refractivity contribution in [3.05, 3.63) is 64.7 Å². The number of methoxy groups -OCH3 is 1. The van der Waals surface area contributed by atoms with Crippen LogP contribution in [0.25, 0.3) is 6.08 Å². The zero-order valence-electron chi connectivity index (χ0n) is 15.5. The maximum absolute atomic E-state index is 10.3. The van der Waals surface area contributed by atoms with Gasteiger partial charge >= 0.3 is 0 Å². The van der Waals surface area contributed by atoms with Gasteiger partial charge in [0, 0.05) is 18.1 Å². The molecule has 0 aliphatic rings. The average Bonchev–Trinajstić information content (AvgIpc) is 2.62. The Morgan fingerprint density at radius 2 is 1.88 bits per heavy atom. The summed E-state index contributed by atoms with van der Waals surface area (Å²) < 4.78 is 11.1. The summed E-state index contributed by atoms with van der Waals surface area (Å²) >= 11 is 5.90. The van der Waals surface area contributed by atoms with Crippen LogP contribution in [0.1, 0.15) is 18.1 Å². The van der Waals surface area contributed by atoms with Crippen molar-refractivity contribution in [3.8, 4) is 11.5 Å². The van der Waals surface area contributed by atoms with Gasteiger partial charge in [0.25, 0.3) is 0 Å². The van der Waals surface area contributed by atoms with Crippen LogP contribution in [0.4, 0.5) is 0 Å². The summed E-state index contributed by atoms with van der Waals surface area (Å²) in [5.74, 6) is 1.28. The minimum absolute atomic E-state index is 0.199. The van der Waals surface area contributed by atoms with Gasteiger partial charge in [-0.2, -0.15) is 0 Å². The van der Waals surface area contributed by atoms with Gasteiger partial charge in [-0.25, -0.2) is 0 Å². The molecule has 2 aromatic rings. The highest BCUT2D eigenvalue weighted by atomic mass is 35.5. The van der Waals surface area contributed by atoms with Gasteiger partial charge < -0.3 is 14.6 Å². The summed E-state index contributed by atoms with van der Waals surface area (Å²) in [7, 11) is 3.57. The first-order valence-electron chi connectivity index (χ1n) is 8.56. The Bertz CT molecular complexity index is 716. The number of nitrogens with zero attached hydrogens (tertiary/aromatic N) is 1. The van der Waals surface area contributed by atoms with E-state index in [9.17, 15) is 5.11 Å². The van der Waals surface area contributed by atoms with Crippen LogP contribution in [0.15, 0.2) is 48.5 Å². The molecule has 1 atom stereocenters. The van der Waals surface area contributed by atoms with Crippen molar-refractivity contribution >= 4 is 17.7 Å². The third-order valence-electron chi connectivity index (χ3n) is 3.87. The molecule has 26 heavy (non-hydrogen) atoms. The Kier molecular flexibility index (Phi) is 7.98. The highest BCUT2D eigenvalue weighted by molar-refractivity contribution is 6.30. The second-order valence-electron chi connectivity index (χ2n) is 6.20. The van der Waals surface area contributed by atoms with E-state index < -0.39 is 6.10 Å². The van der Waals surface area contributed by atoms with E-state index in [0.29, 0.717) is 18.0 Å². The van der Waals surface area contributed by atoms with Crippen molar-refractivity contribution in [1.29, 1.82) is 0 Å². The molecule has 0 aliphatic carbocycles. The second kappa shape index (κ2) is 10.2. The van der Waals surface area contributed by atoms with Crippen LogP contribution in [0.3, 0.4) is 0 Å². The molecule has 1 N–H and O–H groups in total. The fourth-order valence-corrected chi connectivity index (χ4v) is 2.79. The van der Waals surface area contributed by atoms with Crippen LogP contribution in [0.5, 0.6) is 11.5 Å². The molecule has 0 bridgehead atoms. The highest BCUT2D eigenvalue weighted by Crippen LogP contribution is 2.28. The molecule has 0 heterocycles. The normalized spacial score (nSPS) is 12.5. The number of allylic oxidation sites excluding steroid dienone is 1. The van der Waals surface area contributed by atoms with Gasteiger partial charge in [-0.15, -0.1) is 0 Å². The fourth-order valence-electron chi connectivity index (χ4n) is 2.66. The second-order valence-corrected chi connectivity index (χ2v) is 6.63. The lowest BCUT2D eigenvalue weighted by Crippen LogP contribution is -2.32. The molecule has 0 amide bonds. The SMILES string of the molecule is C/C=C\c1ccc(OC[C@H](O)CN(C)Cc2ccc(Cl)cc2)c(OC)c1. The quantitative estimate of drug-likeness (QED) is 0.711. The summed E-state index contributed by atoms with van der Waals surface area (Å²) in [6.07, 6.45) is 3.36. The van der Waals surface area contributed by atoms with Crippen molar-refractivity contribution in [2.24, 2.45) is 0 Å². The summed E-state index contributed by atoms with van der Waals surface area (Å²) in [6, 6.07) is 13.4. The molecule has 0 aromatic heterocycles. The lowest BCUT2D eigenvalue weighted by atomic mass is 10.2. The standard InChI is InChI=1S/C21H26ClNO3/c1-4-5-16-8-11-20(21(12-16)25-3)26-15-19(24)14-23(2)13-17-6-9-18(22)10-7-17/h4-12,19,24H,13-15H2,1-3H3/b5-4-/t19-/m1/s1. The smallest absolute Gasteiger partial charge is 0.161 e. The molecular weight excluding hydrogens is 350 g/mol. The average molecular weight is 376 g/mol. The molecule has 4 nitrogen and oxygen atoms in total. The van der Waals surface area contributed by atoms with Crippen molar-refractivity contribution in [2.45, 2.75) is 19.6 Å². The highest BCUT2D eigenvalue weighted by Gasteiger charge is 2.12. The van der Waals surface area contributed by atoms with E-state index in [4.69, 9.17) is 21.1 Å². The molecule has 2 aromatic carbocycles. The molecular formula is C21H26ClNO3. The minimum Gasteiger partial charge on any atom is -0.493 e. The molecule has 0 radical (unpaired) electrons. The number of benzene rings is 2. The number of likely N-dealkylation sites (N-methyl/N-ethyl adjacent to an activating group) is 1. The number of hydrogen-bond acceptors (Lipinski definition) is 4.